The van der Waals surface area contributed by atoms with E-state index in [1.54, 1.807) is 19.9 Å². The number of hydrogen-bond donors (Lipinski definition) is 1. The van der Waals surface area contributed by atoms with Crippen LogP contribution in [0.1, 0.15) is 19.4 Å². The molecule has 2 aromatic rings. The first-order valence-electron chi connectivity index (χ1n) is 9.70. The zero-order chi connectivity index (χ0) is 20.6. The number of hydrogen-bond acceptors (Lipinski definition) is 5. The molecular formula is C22H24FN3O3. The van der Waals surface area contributed by atoms with Crippen molar-refractivity contribution < 1.29 is 19.0 Å². The number of para-hydroxylation sites is 1. The lowest BCUT2D eigenvalue weighted by Gasteiger charge is -2.38. The van der Waals surface area contributed by atoms with Crippen molar-refractivity contribution in [2.45, 2.75) is 13.8 Å². The maximum atomic E-state index is 13.8. The van der Waals surface area contributed by atoms with Crippen molar-refractivity contribution in [1.29, 1.82) is 0 Å². The Labute approximate surface area is 169 Å². The second kappa shape index (κ2) is 7.48. The number of piperazine rings is 1. The van der Waals surface area contributed by atoms with E-state index in [0.29, 0.717) is 36.8 Å². The second-order valence-corrected chi connectivity index (χ2v) is 8.10. The van der Waals surface area contributed by atoms with Gasteiger partial charge in [0.2, 0.25) is 0 Å². The number of benzene rings is 2. The summed E-state index contributed by atoms with van der Waals surface area (Å²) in [5.41, 5.74) is 0.535. The van der Waals surface area contributed by atoms with Crippen molar-refractivity contribution in [3.05, 3.63) is 53.8 Å². The second-order valence-electron chi connectivity index (χ2n) is 8.10. The average molecular weight is 397 g/mol. The van der Waals surface area contributed by atoms with E-state index in [1.807, 2.05) is 24.3 Å². The van der Waals surface area contributed by atoms with Gasteiger partial charge in [0.1, 0.15) is 23.1 Å². The Hall–Kier alpha value is -2.93. The number of carboxylic acids is 1. The maximum Gasteiger partial charge on any atom is 0.310 e. The Morgan fingerprint density at radius 3 is 2.59 bits per heavy atom. The summed E-state index contributed by atoms with van der Waals surface area (Å²) in [4.78, 5) is 20.5. The molecule has 0 radical (unpaired) electrons. The number of rotatable bonds is 3. The highest BCUT2D eigenvalue weighted by atomic mass is 19.1. The smallest absolute Gasteiger partial charge is 0.310 e. The van der Waals surface area contributed by atoms with Crippen LogP contribution in [0, 0.1) is 11.2 Å². The molecule has 0 aliphatic carbocycles. The van der Waals surface area contributed by atoms with Gasteiger partial charge in [-0.15, -0.1) is 0 Å². The van der Waals surface area contributed by atoms with E-state index in [9.17, 15) is 14.3 Å². The number of ether oxygens (including phenoxy) is 1. The molecule has 2 aliphatic heterocycles. The van der Waals surface area contributed by atoms with Crippen LogP contribution in [-0.2, 0) is 4.79 Å². The van der Waals surface area contributed by atoms with E-state index in [-0.39, 0.29) is 5.82 Å². The summed E-state index contributed by atoms with van der Waals surface area (Å²) in [6.07, 6.45) is 0. The van der Waals surface area contributed by atoms with Crippen LogP contribution < -0.4 is 4.74 Å². The summed E-state index contributed by atoms with van der Waals surface area (Å²) in [6, 6.07) is 12.0. The molecule has 0 unspecified atom stereocenters. The van der Waals surface area contributed by atoms with Gasteiger partial charge in [0.25, 0.3) is 0 Å². The molecule has 1 fully saturated rings. The zero-order valence-electron chi connectivity index (χ0n) is 16.6. The van der Waals surface area contributed by atoms with Gasteiger partial charge in [0.15, 0.2) is 5.75 Å². The van der Waals surface area contributed by atoms with Crippen LogP contribution in [0.5, 0.6) is 11.5 Å². The summed E-state index contributed by atoms with van der Waals surface area (Å²) in [7, 11) is 0. The Kier molecular flexibility index (Phi) is 5.00. The van der Waals surface area contributed by atoms with Gasteiger partial charge in [0, 0.05) is 38.8 Å². The number of aliphatic carboxylic acids is 1. The molecule has 0 atom stereocenters. The van der Waals surface area contributed by atoms with E-state index in [1.165, 1.54) is 12.1 Å². The van der Waals surface area contributed by atoms with Crippen LogP contribution in [0.3, 0.4) is 0 Å². The molecule has 0 aromatic heterocycles. The summed E-state index contributed by atoms with van der Waals surface area (Å²) in [5, 5.41) is 9.38. The van der Waals surface area contributed by atoms with Gasteiger partial charge in [0.05, 0.1) is 11.0 Å². The van der Waals surface area contributed by atoms with Crippen LogP contribution in [0.4, 0.5) is 10.1 Å². The van der Waals surface area contributed by atoms with Crippen molar-refractivity contribution in [3.63, 3.8) is 0 Å². The van der Waals surface area contributed by atoms with Crippen LogP contribution in [0.2, 0.25) is 0 Å². The van der Waals surface area contributed by atoms with E-state index >= 15 is 0 Å². The molecule has 1 saturated heterocycles. The van der Waals surface area contributed by atoms with Gasteiger partial charge in [-0.1, -0.05) is 12.1 Å². The number of halogens is 1. The summed E-state index contributed by atoms with van der Waals surface area (Å²) >= 11 is 0. The van der Waals surface area contributed by atoms with Gasteiger partial charge in [-0.3, -0.25) is 9.69 Å². The average Bonchev–Trinajstić information content (AvgIpc) is 2.85. The van der Waals surface area contributed by atoms with Crippen LogP contribution >= 0.6 is 0 Å². The molecule has 1 N–H and O–H groups in total. The molecule has 152 valence electrons. The van der Waals surface area contributed by atoms with Gasteiger partial charge < -0.3 is 14.7 Å². The van der Waals surface area contributed by atoms with E-state index in [2.05, 4.69) is 9.80 Å². The third kappa shape index (κ3) is 3.96. The van der Waals surface area contributed by atoms with Gasteiger partial charge in [-0.25, -0.2) is 9.38 Å². The van der Waals surface area contributed by atoms with Crippen LogP contribution in [0.15, 0.2) is 47.5 Å². The molecule has 0 amide bonds. The lowest BCUT2D eigenvalue weighted by molar-refractivity contribution is -0.148. The van der Waals surface area contributed by atoms with Crippen LogP contribution in [0.25, 0.3) is 0 Å². The number of aliphatic imine (C=N–C) groups is 1. The molecular weight excluding hydrogens is 373 g/mol. The van der Waals surface area contributed by atoms with E-state index in [4.69, 9.17) is 9.73 Å². The van der Waals surface area contributed by atoms with Gasteiger partial charge >= 0.3 is 5.97 Å². The van der Waals surface area contributed by atoms with Crippen molar-refractivity contribution in [2.75, 3.05) is 32.7 Å². The Balaban J connectivity index is 1.60. The SMILES string of the molecule is CC(C)(CN1CCN(C2=Nc3cc(F)ccc3Oc3ccccc32)CC1)C(=O)O. The molecule has 2 heterocycles. The fraction of sp³-hybridized carbons (Fsp3) is 0.364. The van der Waals surface area contributed by atoms with Crippen LogP contribution in [-0.4, -0.2) is 59.4 Å². The Bertz CT molecular complexity index is 966. The molecule has 2 aromatic carbocycles. The minimum absolute atomic E-state index is 0.359. The summed E-state index contributed by atoms with van der Waals surface area (Å²) in [5.74, 6) is 0.809. The van der Waals surface area contributed by atoms with Gasteiger partial charge in [-0.2, -0.15) is 0 Å². The fourth-order valence-electron chi connectivity index (χ4n) is 3.68. The fourth-order valence-corrected chi connectivity index (χ4v) is 3.68. The standard InChI is InChI=1S/C22H24FN3O3/c1-22(2,21(27)28)14-25-9-11-26(12-10-25)20-16-5-3-4-6-18(16)29-19-8-7-15(23)13-17(19)24-20/h3-8,13H,9-12,14H2,1-2H3,(H,27,28). The molecule has 0 saturated carbocycles. The highest BCUT2D eigenvalue weighted by Crippen LogP contribution is 2.38. The van der Waals surface area contributed by atoms with Crippen molar-refractivity contribution in [3.8, 4) is 11.5 Å². The molecule has 6 nitrogen and oxygen atoms in total. The van der Waals surface area contributed by atoms with E-state index < -0.39 is 11.4 Å². The number of carbonyl (C=O) groups is 1. The minimum Gasteiger partial charge on any atom is -0.481 e. The third-order valence-corrected chi connectivity index (χ3v) is 5.36. The number of amidine groups is 1. The van der Waals surface area contributed by atoms with Gasteiger partial charge in [-0.05, 0) is 38.1 Å². The maximum absolute atomic E-state index is 13.8. The lowest BCUT2D eigenvalue weighted by Crippen LogP contribution is -2.52. The molecule has 29 heavy (non-hydrogen) atoms. The summed E-state index contributed by atoms with van der Waals surface area (Å²) < 4.78 is 19.8. The van der Waals surface area contributed by atoms with Crippen molar-refractivity contribution in [2.24, 2.45) is 10.4 Å². The third-order valence-electron chi connectivity index (χ3n) is 5.36. The van der Waals surface area contributed by atoms with Crippen molar-refractivity contribution in [1.82, 2.24) is 9.80 Å². The highest BCUT2D eigenvalue weighted by molar-refractivity contribution is 6.03. The summed E-state index contributed by atoms with van der Waals surface area (Å²) in [6.45, 7) is 6.85. The highest BCUT2D eigenvalue weighted by Gasteiger charge is 2.32. The normalized spacial score (nSPS) is 16.9. The number of carboxylic acid groups (broad SMARTS) is 1. The molecule has 7 heteroatoms. The lowest BCUT2D eigenvalue weighted by atomic mass is 9.93. The monoisotopic (exact) mass is 397 g/mol. The number of fused-ring (bicyclic) bond motifs is 2. The largest absolute Gasteiger partial charge is 0.481 e. The Morgan fingerprint density at radius 2 is 1.86 bits per heavy atom. The molecule has 0 bridgehead atoms. The first kappa shape index (κ1) is 19.4. The Morgan fingerprint density at radius 1 is 1.14 bits per heavy atom. The first-order chi connectivity index (χ1) is 13.8. The minimum atomic E-state index is -0.794. The first-order valence-corrected chi connectivity index (χ1v) is 9.70. The quantitative estimate of drug-likeness (QED) is 0.855. The number of nitrogens with zero attached hydrogens (tertiary/aromatic N) is 3. The zero-order valence-corrected chi connectivity index (χ0v) is 16.6. The predicted octanol–water partition coefficient (Wildman–Crippen LogP) is 3.74. The molecule has 0 spiro atoms. The predicted molar refractivity (Wildman–Crippen MR) is 109 cm³/mol. The molecule has 4 rings (SSSR count). The molecule has 2 aliphatic rings. The topological polar surface area (TPSA) is 65.4 Å². The van der Waals surface area contributed by atoms with Crippen molar-refractivity contribution >= 4 is 17.5 Å². The van der Waals surface area contributed by atoms with E-state index in [0.717, 1.165) is 24.5 Å².